The second-order valence-electron chi connectivity index (χ2n) is 4.63. The molecule has 0 amide bonds. The number of carbonyl (C=O) groups excluding carboxylic acids is 1. The second kappa shape index (κ2) is 5.14. The highest BCUT2D eigenvalue weighted by Crippen LogP contribution is 2.31. The van der Waals surface area contributed by atoms with E-state index in [2.05, 4.69) is 5.32 Å². The molecule has 3 heteroatoms. The summed E-state index contributed by atoms with van der Waals surface area (Å²) in [7, 11) is 0. The molecule has 0 bridgehead atoms. The number of ether oxygens (including phenoxy) is 1. The summed E-state index contributed by atoms with van der Waals surface area (Å²) < 4.78 is 5.43. The van der Waals surface area contributed by atoms with Crippen LogP contribution < -0.4 is 5.32 Å². The van der Waals surface area contributed by atoms with Crippen LogP contribution >= 0.6 is 0 Å². The van der Waals surface area contributed by atoms with Gasteiger partial charge in [-0.2, -0.15) is 0 Å². The molecule has 2 aromatic carbocycles. The molecule has 0 aliphatic carbocycles. The van der Waals surface area contributed by atoms with Crippen molar-refractivity contribution in [2.75, 3.05) is 5.32 Å². The van der Waals surface area contributed by atoms with Gasteiger partial charge in [0, 0.05) is 12.1 Å². The smallest absolute Gasteiger partial charge is 0.329 e. The molecule has 2 aromatic rings. The molecule has 0 aromatic heterocycles. The molecule has 3 nitrogen and oxygen atoms in total. The van der Waals surface area contributed by atoms with Gasteiger partial charge in [0.25, 0.3) is 0 Å². The van der Waals surface area contributed by atoms with Gasteiger partial charge in [-0.15, -0.1) is 0 Å². The normalized spacial score (nSPS) is 22.0. The highest BCUT2D eigenvalue weighted by atomic mass is 16.6. The predicted octanol–water partition coefficient (Wildman–Crippen LogP) is 3.16. The third-order valence-corrected chi connectivity index (χ3v) is 3.28. The van der Waals surface area contributed by atoms with Gasteiger partial charge in [-0.3, -0.25) is 0 Å². The van der Waals surface area contributed by atoms with E-state index in [1.807, 2.05) is 60.7 Å². The Morgan fingerprint density at radius 2 is 1.58 bits per heavy atom. The summed E-state index contributed by atoms with van der Waals surface area (Å²) in [6.07, 6.45) is 0.521. The fraction of sp³-hybridized carbons (Fsp3) is 0.188. The maximum absolute atomic E-state index is 11.9. The summed E-state index contributed by atoms with van der Waals surface area (Å²) in [5.74, 6) is -0.183. The topological polar surface area (TPSA) is 38.3 Å². The van der Waals surface area contributed by atoms with Crippen molar-refractivity contribution in [1.82, 2.24) is 0 Å². The van der Waals surface area contributed by atoms with Gasteiger partial charge in [0.2, 0.25) is 0 Å². The maximum Gasteiger partial charge on any atom is 0.329 e. The molecule has 96 valence electrons. The minimum Gasteiger partial charge on any atom is -0.456 e. The van der Waals surface area contributed by atoms with Crippen LogP contribution in [-0.2, 0) is 9.53 Å². The average Bonchev–Trinajstić information content (AvgIpc) is 2.82. The summed E-state index contributed by atoms with van der Waals surface area (Å²) >= 11 is 0. The van der Waals surface area contributed by atoms with Gasteiger partial charge in [-0.05, 0) is 17.7 Å². The van der Waals surface area contributed by atoms with Crippen molar-refractivity contribution < 1.29 is 9.53 Å². The number of esters is 1. The Kier molecular flexibility index (Phi) is 3.19. The van der Waals surface area contributed by atoms with Gasteiger partial charge in [0.1, 0.15) is 12.1 Å². The zero-order chi connectivity index (χ0) is 13.1. The Morgan fingerprint density at radius 1 is 0.947 bits per heavy atom. The van der Waals surface area contributed by atoms with Crippen molar-refractivity contribution in [3.63, 3.8) is 0 Å². The number of benzene rings is 2. The van der Waals surface area contributed by atoms with Crippen LogP contribution in [0, 0.1) is 0 Å². The van der Waals surface area contributed by atoms with Crippen molar-refractivity contribution in [1.29, 1.82) is 0 Å². The Bertz CT molecular complexity index is 553. The molecule has 1 saturated heterocycles. The minimum absolute atomic E-state index is 0.144. The first-order chi connectivity index (χ1) is 9.33. The van der Waals surface area contributed by atoms with E-state index in [1.165, 1.54) is 0 Å². The summed E-state index contributed by atoms with van der Waals surface area (Å²) in [6.45, 7) is 0. The maximum atomic E-state index is 11.9. The number of anilines is 1. The lowest BCUT2D eigenvalue weighted by atomic mass is 10.0. The van der Waals surface area contributed by atoms with Crippen LogP contribution in [-0.4, -0.2) is 12.0 Å². The molecule has 1 aliphatic heterocycles. The molecule has 3 rings (SSSR count). The molecule has 19 heavy (non-hydrogen) atoms. The van der Waals surface area contributed by atoms with Crippen LogP contribution in [0.5, 0.6) is 0 Å². The lowest BCUT2D eigenvalue weighted by Gasteiger charge is -2.10. The molecule has 1 aliphatic rings. The quantitative estimate of drug-likeness (QED) is 0.854. The second-order valence-corrected chi connectivity index (χ2v) is 4.63. The third kappa shape index (κ3) is 2.60. The molecule has 0 unspecified atom stereocenters. The van der Waals surface area contributed by atoms with E-state index < -0.39 is 0 Å². The van der Waals surface area contributed by atoms with Crippen LogP contribution in [0.2, 0.25) is 0 Å². The van der Waals surface area contributed by atoms with Gasteiger partial charge < -0.3 is 10.1 Å². The number of nitrogens with one attached hydrogen (secondary N) is 1. The van der Waals surface area contributed by atoms with Gasteiger partial charge in [-0.1, -0.05) is 48.5 Å². The Morgan fingerprint density at radius 3 is 2.26 bits per heavy atom. The molecule has 1 heterocycles. The van der Waals surface area contributed by atoms with E-state index >= 15 is 0 Å². The number of para-hydroxylation sites is 1. The molecular formula is C16H15NO2. The number of hydrogen-bond acceptors (Lipinski definition) is 3. The van der Waals surface area contributed by atoms with Gasteiger partial charge >= 0.3 is 5.97 Å². The summed E-state index contributed by atoms with van der Waals surface area (Å²) in [5.41, 5.74) is 1.99. The standard InChI is InChI=1S/C16H15NO2/c18-16-14(17-13-9-5-2-6-10-13)11-15(19-16)12-7-3-1-4-8-12/h1-10,14-15,17H,11H2/t14-,15+/m0/s1. The molecular weight excluding hydrogens is 238 g/mol. The van der Waals surface area contributed by atoms with E-state index in [-0.39, 0.29) is 18.1 Å². The van der Waals surface area contributed by atoms with Crippen molar-refractivity contribution in [2.45, 2.75) is 18.6 Å². The zero-order valence-corrected chi connectivity index (χ0v) is 10.5. The largest absolute Gasteiger partial charge is 0.456 e. The summed E-state index contributed by atoms with van der Waals surface area (Å²) in [4.78, 5) is 11.9. The highest BCUT2D eigenvalue weighted by Gasteiger charge is 2.35. The molecule has 1 N–H and O–H groups in total. The minimum atomic E-state index is -0.271. The van der Waals surface area contributed by atoms with Crippen LogP contribution in [0.15, 0.2) is 60.7 Å². The van der Waals surface area contributed by atoms with E-state index in [0.717, 1.165) is 11.3 Å². The Labute approximate surface area is 112 Å². The number of hydrogen-bond donors (Lipinski definition) is 1. The average molecular weight is 253 g/mol. The molecule has 1 fully saturated rings. The Balaban J connectivity index is 1.71. The predicted molar refractivity (Wildman–Crippen MR) is 73.7 cm³/mol. The molecule has 0 spiro atoms. The van der Waals surface area contributed by atoms with Crippen LogP contribution in [0.4, 0.5) is 5.69 Å². The van der Waals surface area contributed by atoms with E-state index in [0.29, 0.717) is 6.42 Å². The number of cyclic esters (lactones) is 1. The van der Waals surface area contributed by atoms with Crippen LogP contribution in [0.1, 0.15) is 18.1 Å². The van der Waals surface area contributed by atoms with Crippen LogP contribution in [0.25, 0.3) is 0 Å². The van der Waals surface area contributed by atoms with E-state index in [9.17, 15) is 4.79 Å². The lowest BCUT2D eigenvalue weighted by Crippen LogP contribution is -2.24. The Hall–Kier alpha value is -2.29. The van der Waals surface area contributed by atoms with Gasteiger partial charge in [0.05, 0.1) is 0 Å². The molecule has 0 radical (unpaired) electrons. The first-order valence-electron chi connectivity index (χ1n) is 6.40. The number of rotatable bonds is 3. The molecule has 0 saturated carbocycles. The van der Waals surface area contributed by atoms with Crippen molar-refractivity contribution in [3.05, 3.63) is 66.2 Å². The molecule has 2 atom stereocenters. The number of carbonyl (C=O) groups is 1. The fourth-order valence-electron chi connectivity index (χ4n) is 2.31. The van der Waals surface area contributed by atoms with E-state index in [4.69, 9.17) is 4.74 Å². The SMILES string of the molecule is O=C1O[C@@H](c2ccccc2)C[C@@H]1Nc1ccccc1. The zero-order valence-electron chi connectivity index (χ0n) is 10.5. The fourth-order valence-corrected chi connectivity index (χ4v) is 2.31. The van der Waals surface area contributed by atoms with Crippen molar-refractivity contribution in [2.24, 2.45) is 0 Å². The van der Waals surface area contributed by atoms with Crippen molar-refractivity contribution in [3.8, 4) is 0 Å². The first-order valence-corrected chi connectivity index (χ1v) is 6.40. The van der Waals surface area contributed by atoms with Gasteiger partial charge in [-0.25, -0.2) is 4.79 Å². The van der Waals surface area contributed by atoms with Crippen molar-refractivity contribution >= 4 is 11.7 Å². The van der Waals surface area contributed by atoms with Gasteiger partial charge in [0.15, 0.2) is 0 Å². The highest BCUT2D eigenvalue weighted by molar-refractivity contribution is 5.81. The first kappa shape index (κ1) is 11.8. The van der Waals surface area contributed by atoms with Crippen LogP contribution in [0.3, 0.4) is 0 Å². The summed E-state index contributed by atoms with van der Waals surface area (Å²) in [6, 6.07) is 19.3. The third-order valence-electron chi connectivity index (χ3n) is 3.28. The monoisotopic (exact) mass is 253 g/mol. The summed E-state index contributed by atoms with van der Waals surface area (Å²) in [5, 5.41) is 3.22. The lowest BCUT2D eigenvalue weighted by molar-refractivity contribution is -0.142. The van der Waals surface area contributed by atoms with E-state index in [1.54, 1.807) is 0 Å².